The normalized spacial score (nSPS) is 16.3. The van der Waals surface area contributed by atoms with E-state index in [1.807, 2.05) is 11.0 Å². The monoisotopic (exact) mass is 245 g/mol. The molecule has 1 fully saturated rings. The van der Waals surface area contributed by atoms with Gasteiger partial charge in [-0.15, -0.1) is 0 Å². The molecule has 2 heterocycles. The zero-order valence-electron chi connectivity index (χ0n) is 10.0. The Morgan fingerprint density at radius 3 is 2.89 bits per heavy atom. The molecule has 1 aromatic heterocycles. The van der Waals surface area contributed by atoms with Crippen LogP contribution in [0.3, 0.4) is 0 Å². The van der Waals surface area contributed by atoms with E-state index < -0.39 is 0 Å². The molecule has 1 saturated heterocycles. The molecule has 1 aliphatic heterocycles. The third kappa shape index (κ3) is 2.94. The number of hydrogen-bond donors (Lipinski definition) is 1. The Kier molecular flexibility index (Phi) is 3.72. The van der Waals surface area contributed by atoms with Gasteiger partial charge in [-0.2, -0.15) is 5.26 Å². The van der Waals surface area contributed by atoms with E-state index in [4.69, 9.17) is 11.0 Å². The first-order valence-corrected chi connectivity index (χ1v) is 5.95. The number of carbonyl (C=O) groups is 1. The molecule has 0 aliphatic carbocycles. The maximum absolute atomic E-state index is 10.9. The van der Waals surface area contributed by atoms with Crippen LogP contribution in [0.25, 0.3) is 0 Å². The number of amides is 1. The standard InChI is InChI=1S/C12H15N5O/c13-8-10-1-4-15-12(16-10)17-5-2-9(3-6-17)7-11(14)18/h1,4,9H,2-3,5-7H2,(H2,14,18). The average molecular weight is 245 g/mol. The molecule has 2 N–H and O–H groups in total. The summed E-state index contributed by atoms with van der Waals surface area (Å²) < 4.78 is 0. The molecule has 0 bridgehead atoms. The van der Waals surface area contributed by atoms with Crippen LogP contribution in [0.1, 0.15) is 25.0 Å². The summed E-state index contributed by atoms with van der Waals surface area (Å²) in [6.45, 7) is 1.60. The van der Waals surface area contributed by atoms with Gasteiger partial charge in [0.1, 0.15) is 11.8 Å². The second-order valence-electron chi connectivity index (χ2n) is 4.45. The van der Waals surface area contributed by atoms with Crippen LogP contribution < -0.4 is 10.6 Å². The van der Waals surface area contributed by atoms with Crippen molar-refractivity contribution in [2.75, 3.05) is 18.0 Å². The quantitative estimate of drug-likeness (QED) is 0.833. The van der Waals surface area contributed by atoms with E-state index in [9.17, 15) is 4.79 Å². The summed E-state index contributed by atoms with van der Waals surface area (Å²) in [5, 5.41) is 8.79. The van der Waals surface area contributed by atoms with E-state index in [2.05, 4.69) is 9.97 Å². The number of nitrogens with two attached hydrogens (primary N) is 1. The Labute approximate surface area is 105 Å². The van der Waals surface area contributed by atoms with Crippen molar-refractivity contribution < 1.29 is 4.79 Å². The third-order valence-electron chi connectivity index (χ3n) is 3.14. The van der Waals surface area contributed by atoms with Crippen molar-refractivity contribution in [2.24, 2.45) is 11.7 Å². The minimum absolute atomic E-state index is 0.240. The van der Waals surface area contributed by atoms with Crippen LogP contribution in [0.4, 0.5) is 5.95 Å². The number of primary amides is 1. The highest BCUT2D eigenvalue weighted by Gasteiger charge is 2.22. The van der Waals surface area contributed by atoms with Gasteiger partial charge in [0.15, 0.2) is 0 Å². The molecule has 1 amide bonds. The first-order chi connectivity index (χ1) is 8.69. The Bertz CT molecular complexity index is 474. The predicted octanol–water partition coefficient (Wildman–Crippen LogP) is 0.440. The van der Waals surface area contributed by atoms with E-state index in [1.165, 1.54) is 0 Å². The van der Waals surface area contributed by atoms with Crippen molar-refractivity contribution >= 4 is 11.9 Å². The van der Waals surface area contributed by atoms with Crippen LogP contribution in [0.2, 0.25) is 0 Å². The lowest BCUT2D eigenvalue weighted by atomic mass is 9.93. The van der Waals surface area contributed by atoms with Crippen molar-refractivity contribution in [3.8, 4) is 6.07 Å². The third-order valence-corrected chi connectivity index (χ3v) is 3.14. The summed E-state index contributed by atoms with van der Waals surface area (Å²) in [4.78, 5) is 21.2. The SMILES string of the molecule is N#Cc1ccnc(N2CCC(CC(N)=O)CC2)n1. The van der Waals surface area contributed by atoms with Gasteiger partial charge in [-0.3, -0.25) is 4.79 Å². The van der Waals surface area contributed by atoms with Crippen molar-refractivity contribution in [1.29, 1.82) is 5.26 Å². The van der Waals surface area contributed by atoms with Gasteiger partial charge in [0.2, 0.25) is 11.9 Å². The van der Waals surface area contributed by atoms with Gasteiger partial charge in [0.05, 0.1) is 0 Å². The minimum atomic E-state index is -0.240. The molecule has 2 rings (SSSR count). The van der Waals surface area contributed by atoms with Crippen LogP contribution in [0.5, 0.6) is 0 Å². The summed E-state index contributed by atoms with van der Waals surface area (Å²) in [5.41, 5.74) is 5.57. The van der Waals surface area contributed by atoms with Gasteiger partial charge < -0.3 is 10.6 Å². The molecular formula is C12H15N5O. The maximum atomic E-state index is 10.9. The van der Waals surface area contributed by atoms with Gasteiger partial charge in [-0.05, 0) is 24.8 Å². The Hall–Kier alpha value is -2.16. The predicted molar refractivity (Wildman–Crippen MR) is 65.5 cm³/mol. The van der Waals surface area contributed by atoms with Gasteiger partial charge >= 0.3 is 0 Å². The number of hydrogen-bond acceptors (Lipinski definition) is 5. The lowest BCUT2D eigenvalue weighted by Gasteiger charge is -2.31. The second kappa shape index (κ2) is 5.45. The molecule has 0 radical (unpaired) electrons. The number of nitriles is 1. The molecule has 1 aromatic rings. The van der Waals surface area contributed by atoms with Crippen LogP contribution >= 0.6 is 0 Å². The zero-order chi connectivity index (χ0) is 13.0. The van der Waals surface area contributed by atoms with Crippen LogP contribution in [-0.4, -0.2) is 29.0 Å². The van der Waals surface area contributed by atoms with E-state index >= 15 is 0 Å². The van der Waals surface area contributed by atoms with E-state index in [0.717, 1.165) is 25.9 Å². The van der Waals surface area contributed by atoms with Crippen molar-refractivity contribution in [3.63, 3.8) is 0 Å². The molecule has 0 saturated carbocycles. The highest BCUT2D eigenvalue weighted by atomic mass is 16.1. The topological polar surface area (TPSA) is 95.9 Å². The summed E-state index contributed by atoms with van der Waals surface area (Å²) in [6.07, 6.45) is 3.86. The van der Waals surface area contributed by atoms with Crippen molar-refractivity contribution in [2.45, 2.75) is 19.3 Å². The number of rotatable bonds is 3. The second-order valence-corrected chi connectivity index (χ2v) is 4.45. The van der Waals surface area contributed by atoms with Crippen molar-refractivity contribution in [1.82, 2.24) is 9.97 Å². The molecule has 6 nitrogen and oxygen atoms in total. The van der Waals surface area contributed by atoms with Crippen molar-refractivity contribution in [3.05, 3.63) is 18.0 Å². The average Bonchev–Trinajstić information content (AvgIpc) is 2.39. The number of aromatic nitrogens is 2. The van der Waals surface area contributed by atoms with Gasteiger partial charge in [0, 0.05) is 25.7 Å². The van der Waals surface area contributed by atoms with Gasteiger partial charge in [0.25, 0.3) is 0 Å². The largest absolute Gasteiger partial charge is 0.370 e. The molecule has 0 unspecified atom stereocenters. The van der Waals surface area contributed by atoms with E-state index in [1.54, 1.807) is 12.3 Å². The number of anilines is 1. The Morgan fingerprint density at radius 2 is 2.28 bits per heavy atom. The fraction of sp³-hybridized carbons (Fsp3) is 0.500. The number of carbonyl (C=O) groups excluding carboxylic acids is 1. The fourth-order valence-electron chi connectivity index (χ4n) is 2.18. The summed E-state index contributed by atoms with van der Waals surface area (Å²) in [5.74, 6) is 0.709. The molecule has 18 heavy (non-hydrogen) atoms. The number of piperidine rings is 1. The summed E-state index contributed by atoms with van der Waals surface area (Å²) in [6, 6.07) is 3.59. The van der Waals surface area contributed by atoms with E-state index in [-0.39, 0.29) is 5.91 Å². The highest BCUT2D eigenvalue weighted by molar-refractivity contribution is 5.74. The summed E-state index contributed by atoms with van der Waals surface area (Å²) in [7, 11) is 0. The zero-order valence-corrected chi connectivity index (χ0v) is 10.0. The molecule has 0 aromatic carbocycles. The van der Waals surface area contributed by atoms with Gasteiger partial charge in [-0.25, -0.2) is 9.97 Å². The van der Waals surface area contributed by atoms with Gasteiger partial charge in [-0.1, -0.05) is 0 Å². The molecular weight excluding hydrogens is 230 g/mol. The highest BCUT2D eigenvalue weighted by Crippen LogP contribution is 2.22. The Balaban J connectivity index is 1.97. The lowest BCUT2D eigenvalue weighted by molar-refractivity contribution is -0.119. The lowest BCUT2D eigenvalue weighted by Crippen LogP contribution is -2.36. The summed E-state index contributed by atoms with van der Waals surface area (Å²) >= 11 is 0. The van der Waals surface area contributed by atoms with E-state index in [0.29, 0.717) is 24.0 Å². The first-order valence-electron chi connectivity index (χ1n) is 5.95. The Morgan fingerprint density at radius 1 is 1.56 bits per heavy atom. The first kappa shape index (κ1) is 12.3. The molecule has 0 atom stereocenters. The van der Waals surface area contributed by atoms with Crippen LogP contribution in [0.15, 0.2) is 12.3 Å². The number of nitrogens with zero attached hydrogens (tertiary/aromatic N) is 4. The molecule has 1 aliphatic rings. The molecule has 6 heteroatoms. The van der Waals surface area contributed by atoms with Crippen LogP contribution in [-0.2, 0) is 4.79 Å². The smallest absolute Gasteiger partial charge is 0.226 e. The molecule has 0 spiro atoms. The molecule has 94 valence electrons. The fourth-order valence-corrected chi connectivity index (χ4v) is 2.18. The van der Waals surface area contributed by atoms with Crippen LogP contribution in [0, 0.1) is 17.2 Å². The maximum Gasteiger partial charge on any atom is 0.226 e. The minimum Gasteiger partial charge on any atom is -0.370 e.